The van der Waals surface area contributed by atoms with Crippen LogP contribution in [0.2, 0.25) is 0 Å². The fourth-order valence-electron chi connectivity index (χ4n) is 2.99. The number of hydrogen-bond donors (Lipinski definition) is 0. The van der Waals surface area contributed by atoms with Crippen molar-refractivity contribution in [1.29, 1.82) is 0 Å². The highest BCUT2D eigenvalue weighted by molar-refractivity contribution is 5.42. The summed E-state index contributed by atoms with van der Waals surface area (Å²) in [6.45, 7) is 2.13. The maximum absolute atomic E-state index is 6.22. The lowest BCUT2D eigenvalue weighted by atomic mass is 9.82. The number of ether oxygens (including phenoxy) is 1. The van der Waals surface area contributed by atoms with Crippen LogP contribution in [0.15, 0.2) is 18.2 Å². The van der Waals surface area contributed by atoms with Crippen LogP contribution in [-0.2, 0) is 6.42 Å². The van der Waals surface area contributed by atoms with E-state index in [9.17, 15) is 0 Å². The Morgan fingerprint density at radius 2 is 1.93 bits per heavy atom. The number of fused-ring (bicyclic) bond motifs is 1. The predicted molar refractivity (Wildman–Crippen MR) is 61.3 cm³/mol. The summed E-state index contributed by atoms with van der Waals surface area (Å²) in [5.41, 5.74) is 2.90. The Labute approximate surface area is 91.5 Å². The third-order valence-electron chi connectivity index (χ3n) is 3.83. The summed E-state index contributed by atoms with van der Waals surface area (Å²) < 4.78 is 6.22. The average Bonchev–Trinajstić information content (AvgIpc) is 2.56. The fourth-order valence-corrected chi connectivity index (χ4v) is 2.99. The topological polar surface area (TPSA) is 9.23 Å². The Balaban J connectivity index is 1.90. The zero-order valence-corrected chi connectivity index (χ0v) is 9.38. The summed E-state index contributed by atoms with van der Waals surface area (Å²) in [4.78, 5) is 0. The molecule has 0 N–H and O–H groups in total. The molecule has 0 atom stereocenters. The summed E-state index contributed by atoms with van der Waals surface area (Å²) in [5, 5.41) is 0. The molecular formula is C14H18O. The van der Waals surface area contributed by atoms with Crippen molar-refractivity contribution in [2.24, 2.45) is 0 Å². The van der Waals surface area contributed by atoms with Crippen LogP contribution >= 0.6 is 0 Å². The summed E-state index contributed by atoms with van der Waals surface area (Å²) in [6.07, 6.45) is 7.71. The molecule has 0 bridgehead atoms. The van der Waals surface area contributed by atoms with Crippen molar-refractivity contribution in [3.05, 3.63) is 29.3 Å². The third-order valence-corrected chi connectivity index (χ3v) is 3.83. The summed E-state index contributed by atoms with van der Waals surface area (Å²) in [5.74, 6) is 1.15. The van der Waals surface area contributed by atoms with E-state index >= 15 is 0 Å². The molecule has 1 aromatic carbocycles. The molecule has 1 fully saturated rings. The average molecular weight is 202 g/mol. The molecule has 1 nitrogen and oxygen atoms in total. The Kier molecular flexibility index (Phi) is 2.01. The molecule has 0 radical (unpaired) electrons. The predicted octanol–water partition coefficient (Wildman–Crippen LogP) is 3.63. The van der Waals surface area contributed by atoms with Gasteiger partial charge in [0, 0.05) is 6.42 Å². The molecule has 0 aromatic heterocycles. The zero-order valence-electron chi connectivity index (χ0n) is 9.38. The number of benzene rings is 1. The Hall–Kier alpha value is -0.980. The van der Waals surface area contributed by atoms with Crippen LogP contribution < -0.4 is 4.74 Å². The van der Waals surface area contributed by atoms with Crippen LogP contribution in [0.3, 0.4) is 0 Å². The highest BCUT2D eigenvalue weighted by Crippen LogP contribution is 2.43. The van der Waals surface area contributed by atoms with Gasteiger partial charge in [0.25, 0.3) is 0 Å². The molecule has 1 heterocycles. The zero-order chi connectivity index (χ0) is 10.3. The van der Waals surface area contributed by atoms with Crippen LogP contribution in [0.5, 0.6) is 5.75 Å². The van der Waals surface area contributed by atoms with Gasteiger partial charge in [0.2, 0.25) is 0 Å². The van der Waals surface area contributed by atoms with Gasteiger partial charge >= 0.3 is 0 Å². The Morgan fingerprint density at radius 3 is 2.73 bits per heavy atom. The van der Waals surface area contributed by atoms with Gasteiger partial charge in [0.1, 0.15) is 11.4 Å². The van der Waals surface area contributed by atoms with Crippen molar-refractivity contribution in [2.75, 3.05) is 0 Å². The van der Waals surface area contributed by atoms with Crippen LogP contribution in [0.25, 0.3) is 0 Å². The molecule has 0 unspecified atom stereocenters. The second kappa shape index (κ2) is 3.26. The van der Waals surface area contributed by atoms with E-state index in [0.29, 0.717) is 0 Å². The van der Waals surface area contributed by atoms with Gasteiger partial charge in [-0.05, 0) is 49.8 Å². The van der Waals surface area contributed by atoms with Gasteiger partial charge in [-0.3, -0.25) is 0 Å². The van der Waals surface area contributed by atoms with Crippen molar-refractivity contribution in [1.82, 2.24) is 0 Å². The van der Waals surface area contributed by atoms with E-state index < -0.39 is 0 Å². The molecule has 3 rings (SSSR count). The minimum absolute atomic E-state index is 0.175. The first-order chi connectivity index (χ1) is 7.27. The smallest absolute Gasteiger partial charge is 0.123 e. The highest BCUT2D eigenvalue weighted by atomic mass is 16.5. The van der Waals surface area contributed by atoms with Crippen molar-refractivity contribution >= 4 is 0 Å². The van der Waals surface area contributed by atoms with Crippen molar-refractivity contribution in [3.8, 4) is 5.75 Å². The maximum atomic E-state index is 6.22. The minimum Gasteiger partial charge on any atom is -0.487 e. The van der Waals surface area contributed by atoms with Crippen LogP contribution in [0, 0.1) is 6.92 Å². The normalized spacial score (nSPS) is 22.5. The first-order valence-electron chi connectivity index (χ1n) is 6.06. The van der Waals surface area contributed by atoms with Gasteiger partial charge in [-0.25, -0.2) is 0 Å². The van der Waals surface area contributed by atoms with Crippen LogP contribution in [0.4, 0.5) is 0 Å². The fraction of sp³-hybridized carbons (Fsp3) is 0.571. The first-order valence-corrected chi connectivity index (χ1v) is 6.06. The largest absolute Gasteiger partial charge is 0.487 e. The second-order valence-electron chi connectivity index (χ2n) is 5.13. The molecule has 1 aromatic rings. The van der Waals surface area contributed by atoms with Gasteiger partial charge in [-0.1, -0.05) is 18.6 Å². The molecule has 0 amide bonds. The number of aryl methyl sites for hydroxylation is 1. The van der Waals surface area contributed by atoms with E-state index in [0.717, 1.165) is 12.2 Å². The molecule has 2 aliphatic rings. The Bertz CT molecular complexity index is 375. The second-order valence-corrected chi connectivity index (χ2v) is 5.13. The van der Waals surface area contributed by atoms with Crippen LogP contribution in [0.1, 0.15) is 43.2 Å². The van der Waals surface area contributed by atoms with E-state index in [-0.39, 0.29) is 5.60 Å². The van der Waals surface area contributed by atoms with Crippen molar-refractivity contribution in [2.45, 2.75) is 51.0 Å². The van der Waals surface area contributed by atoms with Gasteiger partial charge in [-0.15, -0.1) is 0 Å². The molecule has 15 heavy (non-hydrogen) atoms. The summed E-state index contributed by atoms with van der Waals surface area (Å²) in [6, 6.07) is 6.64. The van der Waals surface area contributed by atoms with E-state index in [1.165, 1.54) is 43.2 Å². The molecular weight excluding hydrogens is 184 g/mol. The van der Waals surface area contributed by atoms with Gasteiger partial charge in [0.15, 0.2) is 0 Å². The monoisotopic (exact) mass is 202 g/mol. The van der Waals surface area contributed by atoms with E-state index in [4.69, 9.17) is 4.74 Å². The summed E-state index contributed by atoms with van der Waals surface area (Å²) in [7, 11) is 0. The van der Waals surface area contributed by atoms with E-state index in [1.54, 1.807) is 0 Å². The van der Waals surface area contributed by atoms with Crippen molar-refractivity contribution in [3.63, 3.8) is 0 Å². The molecule has 1 saturated carbocycles. The molecule has 1 heteroatoms. The standard InChI is InChI=1S/C14H18O/c1-11-5-6-12-10-14(15-13(12)9-11)7-3-2-4-8-14/h5-6,9H,2-4,7-8,10H2,1H3. The highest BCUT2D eigenvalue weighted by Gasteiger charge is 2.39. The van der Waals surface area contributed by atoms with Crippen molar-refractivity contribution < 1.29 is 4.74 Å². The van der Waals surface area contributed by atoms with E-state index in [1.807, 2.05) is 0 Å². The quantitative estimate of drug-likeness (QED) is 0.624. The lowest BCUT2D eigenvalue weighted by molar-refractivity contribution is 0.0528. The number of hydrogen-bond acceptors (Lipinski definition) is 1. The number of rotatable bonds is 0. The molecule has 1 spiro atoms. The molecule has 80 valence electrons. The lowest BCUT2D eigenvalue weighted by Gasteiger charge is -2.32. The van der Waals surface area contributed by atoms with Gasteiger partial charge < -0.3 is 4.74 Å². The Morgan fingerprint density at radius 1 is 1.13 bits per heavy atom. The van der Waals surface area contributed by atoms with Gasteiger partial charge in [-0.2, -0.15) is 0 Å². The molecule has 1 aliphatic carbocycles. The minimum atomic E-state index is 0.175. The molecule has 0 saturated heterocycles. The third kappa shape index (κ3) is 1.54. The maximum Gasteiger partial charge on any atom is 0.123 e. The molecule has 1 aliphatic heterocycles. The van der Waals surface area contributed by atoms with Crippen LogP contribution in [-0.4, -0.2) is 5.60 Å². The van der Waals surface area contributed by atoms with E-state index in [2.05, 4.69) is 25.1 Å². The first kappa shape index (κ1) is 9.26. The SMILES string of the molecule is Cc1ccc2c(c1)OC1(CCCCC1)C2. The lowest BCUT2D eigenvalue weighted by Crippen LogP contribution is -2.36. The van der Waals surface area contributed by atoms with Gasteiger partial charge in [0.05, 0.1) is 0 Å². The summed E-state index contributed by atoms with van der Waals surface area (Å²) >= 11 is 0.